The van der Waals surface area contributed by atoms with Crippen molar-refractivity contribution in [1.29, 1.82) is 0 Å². The zero-order valence-corrected chi connectivity index (χ0v) is 19.7. The largest absolute Gasteiger partial charge is 0.465 e. The molecule has 0 aromatic carbocycles. The van der Waals surface area contributed by atoms with Gasteiger partial charge in [0.05, 0.1) is 0 Å². The Kier molecular flexibility index (Phi) is 6.75. The van der Waals surface area contributed by atoms with Crippen LogP contribution >= 0.6 is 0 Å². The van der Waals surface area contributed by atoms with E-state index in [1.54, 1.807) is 11.1 Å². The van der Waals surface area contributed by atoms with Gasteiger partial charge in [0.2, 0.25) is 0 Å². The maximum atomic E-state index is 12.7. The Morgan fingerprint density at radius 2 is 1.78 bits per heavy atom. The highest BCUT2D eigenvalue weighted by molar-refractivity contribution is 5.95. The second kappa shape index (κ2) is 9.38. The van der Waals surface area contributed by atoms with Crippen LogP contribution in [0.3, 0.4) is 0 Å². The molecule has 3 aliphatic heterocycles. The quantitative estimate of drug-likeness (QED) is 0.638. The number of aromatic nitrogens is 1. The van der Waals surface area contributed by atoms with Crippen molar-refractivity contribution in [3.63, 3.8) is 0 Å². The first-order valence-electron chi connectivity index (χ1n) is 12.2. The number of hydrogen-bond acceptors (Lipinski definition) is 5. The molecule has 2 bridgehead atoms. The van der Waals surface area contributed by atoms with Crippen LogP contribution in [0.5, 0.6) is 0 Å². The van der Waals surface area contributed by atoms with Crippen molar-refractivity contribution < 1.29 is 14.7 Å². The number of pyridine rings is 1. The first-order valence-corrected chi connectivity index (χ1v) is 12.2. The monoisotopic (exact) mass is 442 g/mol. The minimum atomic E-state index is -0.833. The molecule has 0 aliphatic carbocycles. The van der Waals surface area contributed by atoms with Gasteiger partial charge in [-0.25, -0.2) is 9.78 Å². The van der Waals surface area contributed by atoms with E-state index in [-0.39, 0.29) is 11.8 Å². The van der Waals surface area contributed by atoms with Gasteiger partial charge in [0.1, 0.15) is 5.82 Å². The first-order chi connectivity index (χ1) is 15.2. The van der Waals surface area contributed by atoms with E-state index >= 15 is 0 Å². The fraction of sp³-hybridized carbons (Fsp3) is 0.720. The molecule has 3 aliphatic rings. The van der Waals surface area contributed by atoms with Gasteiger partial charge in [-0.2, -0.15) is 0 Å². The lowest BCUT2D eigenvalue weighted by molar-refractivity contribution is 0.0558. The van der Waals surface area contributed by atoms with E-state index in [0.717, 1.165) is 63.9 Å². The van der Waals surface area contributed by atoms with Gasteiger partial charge in [-0.15, -0.1) is 0 Å². The number of piperidine rings is 2. The van der Waals surface area contributed by atoms with Crippen LogP contribution in [-0.4, -0.2) is 63.6 Å². The Morgan fingerprint density at radius 1 is 1.12 bits per heavy atom. The Balaban J connectivity index is 1.38. The molecule has 176 valence electrons. The summed E-state index contributed by atoms with van der Waals surface area (Å²) in [6, 6.07) is 4.56. The zero-order chi connectivity index (χ0) is 22.9. The summed E-state index contributed by atoms with van der Waals surface area (Å²) in [7, 11) is 0. The summed E-state index contributed by atoms with van der Waals surface area (Å²) in [5, 5.41) is 13.2. The lowest BCUT2D eigenvalue weighted by Gasteiger charge is -2.47. The molecule has 0 saturated carbocycles. The van der Waals surface area contributed by atoms with Gasteiger partial charge in [-0.3, -0.25) is 4.79 Å². The standard InChI is InChI=1S/C25H38N4O3/c1-25(2,3)29(24(31)32)21-14-19-6-7-20(15-21)28(19)23-9-5-18(16-27-23)22(30)8-4-17-10-12-26-13-11-17/h5,9,16-17,19-21,26H,4,6-8,10-15H2,1-3H3,(H,31,32)/t19-,20+,21?. The van der Waals surface area contributed by atoms with Gasteiger partial charge in [0, 0.05) is 41.8 Å². The predicted molar refractivity (Wildman–Crippen MR) is 125 cm³/mol. The summed E-state index contributed by atoms with van der Waals surface area (Å²) in [5.74, 6) is 1.76. The molecule has 3 fully saturated rings. The zero-order valence-electron chi connectivity index (χ0n) is 19.7. The predicted octanol–water partition coefficient (Wildman–Crippen LogP) is 4.32. The lowest BCUT2D eigenvalue weighted by Crippen LogP contribution is -2.57. The number of anilines is 1. The van der Waals surface area contributed by atoms with Crippen molar-refractivity contribution in [3.8, 4) is 0 Å². The van der Waals surface area contributed by atoms with E-state index in [9.17, 15) is 14.7 Å². The third-order valence-corrected chi connectivity index (χ3v) is 7.57. The Morgan fingerprint density at radius 3 is 2.31 bits per heavy atom. The van der Waals surface area contributed by atoms with E-state index in [2.05, 4.69) is 15.2 Å². The van der Waals surface area contributed by atoms with Crippen LogP contribution in [0.15, 0.2) is 18.3 Å². The number of ketones is 1. The molecule has 7 nitrogen and oxygen atoms in total. The van der Waals surface area contributed by atoms with Gasteiger partial charge in [0.15, 0.2) is 5.78 Å². The normalized spacial score (nSPS) is 26.2. The van der Waals surface area contributed by atoms with Gasteiger partial charge in [0.25, 0.3) is 0 Å². The average molecular weight is 443 g/mol. The topological polar surface area (TPSA) is 85.8 Å². The fourth-order valence-corrected chi connectivity index (χ4v) is 6.08. The van der Waals surface area contributed by atoms with E-state index in [0.29, 0.717) is 30.0 Å². The van der Waals surface area contributed by atoms with Crippen molar-refractivity contribution in [2.45, 2.75) is 95.8 Å². The van der Waals surface area contributed by atoms with Crippen molar-refractivity contribution in [2.24, 2.45) is 5.92 Å². The smallest absolute Gasteiger partial charge is 0.407 e. The van der Waals surface area contributed by atoms with Crippen LogP contribution in [0.1, 0.15) is 82.5 Å². The molecule has 0 spiro atoms. The number of nitrogens with one attached hydrogen (secondary N) is 1. The molecule has 4 rings (SSSR count). The van der Waals surface area contributed by atoms with Crippen molar-refractivity contribution >= 4 is 17.7 Å². The minimum absolute atomic E-state index is 0.0390. The van der Waals surface area contributed by atoms with E-state index in [1.165, 1.54) is 0 Å². The summed E-state index contributed by atoms with van der Waals surface area (Å²) in [5.41, 5.74) is 0.293. The third-order valence-electron chi connectivity index (χ3n) is 7.57. The van der Waals surface area contributed by atoms with Crippen LogP contribution < -0.4 is 10.2 Å². The van der Waals surface area contributed by atoms with Crippen LogP contribution in [0.25, 0.3) is 0 Å². The first kappa shape index (κ1) is 23.0. The molecule has 1 amide bonds. The van der Waals surface area contributed by atoms with Gasteiger partial charge < -0.3 is 20.2 Å². The highest BCUT2D eigenvalue weighted by Crippen LogP contribution is 2.41. The molecule has 0 radical (unpaired) electrons. The summed E-state index contributed by atoms with van der Waals surface area (Å²) in [6.07, 6.45) is 8.60. The fourth-order valence-electron chi connectivity index (χ4n) is 6.08. The molecule has 1 aromatic heterocycles. The molecule has 3 atom stereocenters. The number of carboxylic acid groups (broad SMARTS) is 1. The maximum absolute atomic E-state index is 12.7. The number of carbonyl (C=O) groups is 2. The number of nitrogens with zero attached hydrogens (tertiary/aromatic N) is 3. The molecular weight excluding hydrogens is 404 g/mol. The molecule has 32 heavy (non-hydrogen) atoms. The van der Waals surface area contributed by atoms with E-state index < -0.39 is 11.6 Å². The second-order valence-electron chi connectivity index (χ2n) is 10.8. The second-order valence-corrected chi connectivity index (χ2v) is 10.8. The third kappa shape index (κ3) is 4.92. The summed E-state index contributed by atoms with van der Waals surface area (Å²) in [4.78, 5) is 33.3. The van der Waals surface area contributed by atoms with Crippen LogP contribution in [0.4, 0.5) is 10.6 Å². The highest BCUT2D eigenvalue weighted by Gasteiger charge is 2.46. The minimum Gasteiger partial charge on any atom is -0.465 e. The Hall–Kier alpha value is -2.15. The number of hydrogen-bond donors (Lipinski definition) is 2. The molecule has 2 N–H and O–H groups in total. The number of rotatable bonds is 6. The number of Topliss-reactive ketones (excluding diaryl/α,β-unsaturated/α-hetero) is 1. The maximum Gasteiger partial charge on any atom is 0.407 e. The highest BCUT2D eigenvalue weighted by atomic mass is 16.4. The van der Waals surface area contributed by atoms with Gasteiger partial charge in [-0.05, 0) is 96.9 Å². The molecule has 3 saturated heterocycles. The lowest BCUT2D eigenvalue weighted by atomic mass is 9.91. The average Bonchev–Trinajstić information content (AvgIpc) is 3.01. The summed E-state index contributed by atoms with van der Waals surface area (Å²) >= 11 is 0. The Bertz CT molecular complexity index is 799. The molecule has 1 aromatic rings. The number of fused-ring (bicyclic) bond motifs is 2. The van der Waals surface area contributed by atoms with Gasteiger partial charge in [-0.1, -0.05) is 0 Å². The number of carbonyl (C=O) groups excluding carboxylic acids is 1. The molecule has 1 unspecified atom stereocenters. The molecular formula is C25H38N4O3. The molecule has 7 heteroatoms. The van der Waals surface area contributed by atoms with Crippen LogP contribution in [-0.2, 0) is 0 Å². The van der Waals surface area contributed by atoms with Crippen LogP contribution in [0.2, 0.25) is 0 Å². The van der Waals surface area contributed by atoms with E-state index in [4.69, 9.17) is 0 Å². The van der Waals surface area contributed by atoms with E-state index in [1.807, 2.05) is 32.9 Å². The molecule has 4 heterocycles. The summed E-state index contributed by atoms with van der Waals surface area (Å²) in [6.45, 7) is 8.04. The van der Waals surface area contributed by atoms with Crippen molar-refractivity contribution in [3.05, 3.63) is 23.9 Å². The Labute approximate surface area is 191 Å². The summed E-state index contributed by atoms with van der Waals surface area (Å²) < 4.78 is 0. The number of amides is 1. The van der Waals surface area contributed by atoms with Crippen molar-refractivity contribution in [2.75, 3.05) is 18.0 Å². The van der Waals surface area contributed by atoms with Gasteiger partial charge >= 0.3 is 6.09 Å². The SMILES string of the molecule is CC(C)(C)N(C(=O)O)C1C[C@H]2CC[C@@H](C1)N2c1ccc(C(=O)CCC2CCNCC2)cn1. The van der Waals surface area contributed by atoms with Crippen molar-refractivity contribution in [1.82, 2.24) is 15.2 Å². The van der Waals surface area contributed by atoms with Crippen LogP contribution in [0, 0.1) is 5.92 Å².